The maximum Gasteiger partial charge on any atom is 0.0534 e. The fourth-order valence-electron chi connectivity index (χ4n) is 3.22. The summed E-state index contributed by atoms with van der Waals surface area (Å²) >= 11 is 0. The normalized spacial score (nSPS) is 16.9. The van der Waals surface area contributed by atoms with Crippen LogP contribution in [0.5, 0.6) is 0 Å². The number of nitrogens with two attached hydrogens (primary N) is 1. The van der Waals surface area contributed by atoms with Gasteiger partial charge in [0.05, 0.1) is 5.54 Å². The number of fused-ring (bicyclic) bond motifs is 1. The number of hydrogen-bond donors (Lipinski definition) is 1. The summed E-state index contributed by atoms with van der Waals surface area (Å²) in [5, 5.41) is 0. The van der Waals surface area contributed by atoms with Crippen LogP contribution < -0.4 is 10.6 Å². The highest BCUT2D eigenvalue weighted by molar-refractivity contribution is 5.82. The SMILES string of the molecule is CCCCN1c2cc(C)c(CN)cc2C(C)=CC1(C)C. The molecular formula is C18H28N2. The summed E-state index contributed by atoms with van der Waals surface area (Å²) in [5.41, 5.74) is 12.6. The first-order valence-corrected chi connectivity index (χ1v) is 7.71. The van der Waals surface area contributed by atoms with Crippen LogP contribution in [0, 0.1) is 6.92 Å². The lowest BCUT2D eigenvalue weighted by molar-refractivity contribution is 0.540. The number of benzene rings is 1. The first kappa shape index (κ1) is 15.1. The molecule has 0 atom stereocenters. The van der Waals surface area contributed by atoms with E-state index in [2.05, 4.69) is 57.7 Å². The van der Waals surface area contributed by atoms with Crippen molar-refractivity contribution in [3.63, 3.8) is 0 Å². The third-order valence-electron chi connectivity index (χ3n) is 4.39. The lowest BCUT2D eigenvalue weighted by Gasteiger charge is -2.44. The van der Waals surface area contributed by atoms with Crippen molar-refractivity contribution in [2.75, 3.05) is 11.4 Å². The van der Waals surface area contributed by atoms with E-state index in [0.717, 1.165) is 6.54 Å². The number of hydrogen-bond acceptors (Lipinski definition) is 2. The minimum atomic E-state index is 0.0862. The zero-order valence-corrected chi connectivity index (χ0v) is 13.6. The van der Waals surface area contributed by atoms with E-state index in [0.29, 0.717) is 6.54 Å². The van der Waals surface area contributed by atoms with Crippen molar-refractivity contribution in [1.82, 2.24) is 0 Å². The van der Waals surface area contributed by atoms with Gasteiger partial charge < -0.3 is 10.6 Å². The zero-order valence-electron chi connectivity index (χ0n) is 13.6. The van der Waals surface area contributed by atoms with Crippen LogP contribution in [0.4, 0.5) is 5.69 Å². The number of nitrogens with zero attached hydrogens (tertiary/aromatic N) is 1. The van der Waals surface area contributed by atoms with Gasteiger partial charge in [-0.2, -0.15) is 0 Å². The van der Waals surface area contributed by atoms with E-state index in [9.17, 15) is 0 Å². The summed E-state index contributed by atoms with van der Waals surface area (Å²) in [6, 6.07) is 4.61. The lowest BCUT2D eigenvalue weighted by Crippen LogP contribution is -2.45. The first-order chi connectivity index (χ1) is 9.40. The Balaban J connectivity index is 2.54. The van der Waals surface area contributed by atoms with Gasteiger partial charge in [-0.25, -0.2) is 0 Å². The van der Waals surface area contributed by atoms with Gasteiger partial charge in [-0.15, -0.1) is 0 Å². The molecule has 0 unspecified atom stereocenters. The van der Waals surface area contributed by atoms with E-state index >= 15 is 0 Å². The molecule has 2 heteroatoms. The van der Waals surface area contributed by atoms with E-state index in [1.807, 2.05) is 0 Å². The lowest BCUT2D eigenvalue weighted by atomic mass is 9.86. The summed E-state index contributed by atoms with van der Waals surface area (Å²) < 4.78 is 0. The predicted octanol–water partition coefficient (Wildman–Crippen LogP) is 4.26. The van der Waals surface area contributed by atoms with E-state index < -0.39 is 0 Å². The van der Waals surface area contributed by atoms with Crippen molar-refractivity contribution >= 4 is 11.3 Å². The molecule has 1 heterocycles. The van der Waals surface area contributed by atoms with Crippen LogP contribution in [-0.4, -0.2) is 12.1 Å². The van der Waals surface area contributed by atoms with Crippen LogP contribution >= 0.6 is 0 Å². The Morgan fingerprint density at radius 3 is 2.50 bits per heavy atom. The van der Waals surface area contributed by atoms with Gasteiger partial charge in [0.15, 0.2) is 0 Å². The summed E-state index contributed by atoms with van der Waals surface area (Å²) in [4.78, 5) is 2.55. The van der Waals surface area contributed by atoms with Crippen LogP contribution in [0.25, 0.3) is 5.57 Å². The van der Waals surface area contributed by atoms with Gasteiger partial charge >= 0.3 is 0 Å². The Morgan fingerprint density at radius 1 is 1.20 bits per heavy atom. The van der Waals surface area contributed by atoms with Crippen molar-refractivity contribution in [1.29, 1.82) is 0 Å². The average molecular weight is 272 g/mol. The second-order valence-corrected chi connectivity index (χ2v) is 6.49. The molecule has 1 aliphatic rings. The molecule has 1 aromatic carbocycles. The molecule has 0 aliphatic carbocycles. The number of unbranched alkanes of at least 4 members (excludes halogenated alkanes) is 1. The van der Waals surface area contributed by atoms with Crippen molar-refractivity contribution in [3.8, 4) is 0 Å². The quantitative estimate of drug-likeness (QED) is 0.887. The monoisotopic (exact) mass is 272 g/mol. The van der Waals surface area contributed by atoms with Crippen LogP contribution in [0.3, 0.4) is 0 Å². The van der Waals surface area contributed by atoms with Crippen molar-refractivity contribution in [2.45, 2.75) is 59.5 Å². The molecule has 0 radical (unpaired) electrons. The Kier molecular flexibility index (Phi) is 4.24. The largest absolute Gasteiger partial charge is 0.362 e. The number of allylic oxidation sites excluding steroid dienone is 1. The third-order valence-corrected chi connectivity index (χ3v) is 4.39. The zero-order chi connectivity index (χ0) is 14.9. The van der Waals surface area contributed by atoms with Gasteiger partial charge in [0, 0.05) is 24.3 Å². The van der Waals surface area contributed by atoms with E-state index in [4.69, 9.17) is 5.73 Å². The number of anilines is 1. The molecule has 1 aromatic rings. The minimum absolute atomic E-state index is 0.0862. The van der Waals surface area contributed by atoms with Gasteiger partial charge in [0.25, 0.3) is 0 Å². The number of rotatable bonds is 4. The topological polar surface area (TPSA) is 29.3 Å². The summed E-state index contributed by atoms with van der Waals surface area (Å²) in [6.07, 6.45) is 4.85. The molecular weight excluding hydrogens is 244 g/mol. The van der Waals surface area contributed by atoms with Gasteiger partial charge in [0.1, 0.15) is 0 Å². The van der Waals surface area contributed by atoms with Crippen molar-refractivity contribution in [3.05, 3.63) is 34.9 Å². The maximum atomic E-state index is 5.86. The molecule has 0 fully saturated rings. The molecule has 2 rings (SSSR count). The average Bonchev–Trinajstić information content (AvgIpc) is 2.37. The highest BCUT2D eigenvalue weighted by Gasteiger charge is 2.31. The maximum absolute atomic E-state index is 5.86. The van der Waals surface area contributed by atoms with Crippen LogP contribution in [0.1, 0.15) is 57.2 Å². The molecule has 2 nitrogen and oxygen atoms in total. The van der Waals surface area contributed by atoms with Gasteiger partial charge in [0.2, 0.25) is 0 Å². The molecule has 0 bridgehead atoms. The van der Waals surface area contributed by atoms with Crippen LogP contribution in [-0.2, 0) is 6.54 Å². The van der Waals surface area contributed by atoms with Crippen LogP contribution in [0.2, 0.25) is 0 Å². The molecule has 110 valence electrons. The van der Waals surface area contributed by atoms with E-state index in [1.165, 1.54) is 40.8 Å². The summed E-state index contributed by atoms with van der Waals surface area (Å²) in [6.45, 7) is 13.0. The standard InChI is InChI=1S/C18H28N2/c1-6-7-8-20-17-9-13(2)15(12-19)10-16(17)14(3)11-18(20,4)5/h9-11H,6-8,12,19H2,1-5H3. The Morgan fingerprint density at radius 2 is 1.90 bits per heavy atom. The smallest absolute Gasteiger partial charge is 0.0534 e. The highest BCUT2D eigenvalue weighted by atomic mass is 15.2. The Hall–Kier alpha value is -1.28. The Labute approximate surface area is 123 Å². The molecule has 0 saturated carbocycles. The molecule has 0 aromatic heterocycles. The fraction of sp³-hybridized carbons (Fsp3) is 0.556. The second kappa shape index (κ2) is 5.61. The van der Waals surface area contributed by atoms with Crippen molar-refractivity contribution in [2.24, 2.45) is 5.73 Å². The molecule has 0 amide bonds. The van der Waals surface area contributed by atoms with E-state index in [-0.39, 0.29) is 5.54 Å². The van der Waals surface area contributed by atoms with E-state index in [1.54, 1.807) is 0 Å². The fourth-order valence-corrected chi connectivity index (χ4v) is 3.22. The first-order valence-electron chi connectivity index (χ1n) is 7.71. The van der Waals surface area contributed by atoms with Crippen molar-refractivity contribution < 1.29 is 0 Å². The van der Waals surface area contributed by atoms with Gasteiger partial charge in [-0.3, -0.25) is 0 Å². The van der Waals surface area contributed by atoms with Gasteiger partial charge in [-0.05, 0) is 62.9 Å². The highest BCUT2D eigenvalue weighted by Crippen LogP contribution is 2.40. The molecule has 0 spiro atoms. The summed E-state index contributed by atoms with van der Waals surface area (Å²) in [5.74, 6) is 0. The van der Waals surface area contributed by atoms with Crippen LogP contribution in [0.15, 0.2) is 18.2 Å². The molecule has 20 heavy (non-hydrogen) atoms. The molecule has 0 saturated heterocycles. The summed E-state index contributed by atoms with van der Waals surface area (Å²) in [7, 11) is 0. The minimum Gasteiger partial charge on any atom is -0.362 e. The molecule has 1 aliphatic heterocycles. The third kappa shape index (κ3) is 2.62. The predicted molar refractivity (Wildman–Crippen MR) is 89.1 cm³/mol. The second-order valence-electron chi connectivity index (χ2n) is 6.49. The number of aryl methyl sites for hydroxylation is 1. The molecule has 2 N–H and O–H groups in total. The van der Waals surface area contributed by atoms with Gasteiger partial charge in [-0.1, -0.05) is 19.4 Å². The Bertz CT molecular complexity index is 526.